The number of amides is 1. The van der Waals surface area contributed by atoms with Crippen molar-refractivity contribution in [3.05, 3.63) is 35.6 Å². The van der Waals surface area contributed by atoms with Gasteiger partial charge in [0.1, 0.15) is 5.82 Å². The summed E-state index contributed by atoms with van der Waals surface area (Å²) >= 11 is 0. The van der Waals surface area contributed by atoms with Gasteiger partial charge in [0, 0.05) is 12.3 Å². The smallest absolute Gasteiger partial charge is 0.267 e. The standard InChI is InChI=1S/C8H7FN2O/c1-10-11-8(12)6-3-2-4-7(9)5-6/h2-5H,1H2,(H,11,12). The van der Waals surface area contributed by atoms with Crippen molar-refractivity contribution in [2.24, 2.45) is 5.10 Å². The van der Waals surface area contributed by atoms with E-state index in [1.165, 1.54) is 18.2 Å². The van der Waals surface area contributed by atoms with Crippen LogP contribution in [0.3, 0.4) is 0 Å². The molecule has 0 spiro atoms. The van der Waals surface area contributed by atoms with Gasteiger partial charge in [0.2, 0.25) is 0 Å². The zero-order chi connectivity index (χ0) is 8.97. The molecule has 0 aliphatic heterocycles. The van der Waals surface area contributed by atoms with Crippen molar-refractivity contribution in [1.82, 2.24) is 5.43 Å². The Morgan fingerprint density at radius 3 is 2.92 bits per heavy atom. The molecule has 0 heterocycles. The lowest BCUT2D eigenvalue weighted by Crippen LogP contribution is -2.16. The average molecular weight is 166 g/mol. The van der Waals surface area contributed by atoms with E-state index in [-0.39, 0.29) is 5.56 Å². The van der Waals surface area contributed by atoms with E-state index in [4.69, 9.17) is 0 Å². The number of hydrazone groups is 1. The van der Waals surface area contributed by atoms with Crippen LogP contribution in [0, 0.1) is 5.82 Å². The zero-order valence-electron chi connectivity index (χ0n) is 6.25. The first-order valence-corrected chi connectivity index (χ1v) is 3.25. The summed E-state index contributed by atoms with van der Waals surface area (Å²) in [7, 11) is 0. The Labute approximate surface area is 68.9 Å². The van der Waals surface area contributed by atoms with Crippen LogP contribution in [0.15, 0.2) is 29.4 Å². The molecule has 1 amide bonds. The molecule has 0 aromatic heterocycles. The Balaban J connectivity index is 2.87. The molecule has 12 heavy (non-hydrogen) atoms. The Bertz CT molecular complexity index is 312. The normalized spacial score (nSPS) is 9.08. The number of carbonyl (C=O) groups is 1. The maximum atomic E-state index is 12.5. The zero-order valence-corrected chi connectivity index (χ0v) is 6.25. The van der Waals surface area contributed by atoms with Gasteiger partial charge in [-0.3, -0.25) is 4.79 Å². The number of rotatable bonds is 2. The van der Waals surface area contributed by atoms with Gasteiger partial charge in [0.25, 0.3) is 5.91 Å². The third-order valence-electron chi connectivity index (χ3n) is 1.27. The molecule has 0 atom stereocenters. The summed E-state index contributed by atoms with van der Waals surface area (Å²) in [5.74, 6) is -0.920. The SMILES string of the molecule is C=NNC(=O)c1cccc(F)c1. The molecule has 62 valence electrons. The quantitative estimate of drug-likeness (QED) is 0.520. The van der Waals surface area contributed by atoms with E-state index in [0.717, 1.165) is 6.07 Å². The van der Waals surface area contributed by atoms with E-state index in [2.05, 4.69) is 17.2 Å². The van der Waals surface area contributed by atoms with Gasteiger partial charge in [-0.25, -0.2) is 9.82 Å². The summed E-state index contributed by atoms with van der Waals surface area (Å²) < 4.78 is 12.5. The van der Waals surface area contributed by atoms with Crippen molar-refractivity contribution >= 4 is 12.6 Å². The molecule has 1 rings (SSSR count). The molecular weight excluding hydrogens is 159 g/mol. The summed E-state index contributed by atoms with van der Waals surface area (Å²) in [6, 6.07) is 5.33. The fourth-order valence-electron chi connectivity index (χ4n) is 0.766. The second kappa shape index (κ2) is 3.61. The fourth-order valence-corrected chi connectivity index (χ4v) is 0.766. The van der Waals surface area contributed by atoms with Crippen molar-refractivity contribution in [3.63, 3.8) is 0 Å². The molecule has 4 heteroatoms. The molecule has 0 fully saturated rings. The molecule has 3 nitrogen and oxygen atoms in total. The first-order valence-electron chi connectivity index (χ1n) is 3.25. The minimum atomic E-state index is -0.468. The van der Waals surface area contributed by atoms with Crippen molar-refractivity contribution in [2.45, 2.75) is 0 Å². The predicted molar refractivity (Wildman–Crippen MR) is 43.4 cm³/mol. The number of hydrogen-bond donors (Lipinski definition) is 1. The Hall–Kier alpha value is -1.71. The van der Waals surface area contributed by atoms with Gasteiger partial charge in [-0.05, 0) is 18.2 Å². The van der Waals surface area contributed by atoms with E-state index in [1.807, 2.05) is 0 Å². The first kappa shape index (κ1) is 8.39. The number of carbonyl (C=O) groups excluding carboxylic acids is 1. The Morgan fingerprint density at radius 1 is 1.58 bits per heavy atom. The van der Waals surface area contributed by atoms with Gasteiger partial charge < -0.3 is 0 Å². The van der Waals surface area contributed by atoms with Crippen molar-refractivity contribution in [1.29, 1.82) is 0 Å². The molecule has 0 saturated carbocycles. The lowest BCUT2D eigenvalue weighted by atomic mass is 10.2. The number of halogens is 1. The lowest BCUT2D eigenvalue weighted by molar-refractivity contribution is 0.0955. The molecule has 0 radical (unpaired) electrons. The summed E-state index contributed by atoms with van der Waals surface area (Å²) in [5.41, 5.74) is 2.32. The van der Waals surface area contributed by atoms with Crippen molar-refractivity contribution < 1.29 is 9.18 Å². The van der Waals surface area contributed by atoms with Crippen LogP contribution in [-0.4, -0.2) is 12.6 Å². The van der Waals surface area contributed by atoms with E-state index >= 15 is 0 Å². The van der Waals surface area contributed by atoms with Crippen LogP contribution in [-0.2, 0) is 0 Å². The molecular formula is C8H7FN2O. The summed E-state index contributed by atoms with van der Waals surface area (Å²) in [6.07, 6.45) is 0. The van der Waals surface area contributed by atoms with Gasteiger partial charge in [-0.2, -0.15) is 5.10 Å². The van der Waals surface area contributed by atoms with Gasteiger partial charge in [0.15, 0.2) is 0 Å². The molecule has 0 aliphatic carbocycles. The highest BCUT2D eigenvalue weighted by Crippen LogP contribution is 2.02. The molecule has 1 N–H and O–H groups in total. The van der Waals surface area contributed by atoms with E-state index < -0.39 is 11.7 Å². The third kappa shape index (κ3) is 1.88. The topological polar surface area (TPSA) is 41.5 Å². The van der Waals surface area contributed by atoms with Crippen LogP contribution in [0.1, 0.15) is 10.4 Å². The van der Waals surface area contributed by atoms with Crippen LogP contribution in [0.2, 0.25) is 0 Å². The monoisotopic (exact) mass is 166 g/mol. The van der Waals surface area contributed by atoms with Gasteiger partial charge in [0.05, 0.1) is 0 Å². The Morgan fingerprint density at radius 2 is 2.33 bits per heavy atom. The first-order chi connectivity index (χ1) is 5.74. The molecule has 0 bridgehead atoms. The van der Waals surface area contributed by atoms with Crippen LogP contribution >= 0.6 is 0 Å². The van der Waals surface area contributed by atoms with Crippen LogP contribution < -0.4 is 5.43 Å². The van der Waals surface area contributed by atoms with E-state index in [0.29, 0.717) is 0 Å². The molecule has 1 aromatic rings. The highest BCUT2D eigenvalue weighted by atomic mass is 19.1. The van der Waals surface area contributed by atoms with Gasteiger partial charge in [-0.15, -0.1) is 0 Å². The fraction of sp³-hybridized carbons (Fsp3) is 0. The largest absolute Gasteiger partial charge is 0.271 e. The number of benzene rings is 1. The molecule has 0 aliphatic rings. The predicted octanol–water partition coefficient (Wildman–Crippen LogP) is 1.17. The summed E-state index contributed by atoms with van der Waals surface area (Å²) in [4.78, 5) is 11.0. The van der Waals surface area contributed by atoms with E-state index in [1.54, 1.807) is 0 Å². The number of nitrogens with one attached hydrogen (secondary N) is 1. The highest BCUT2D eigenvalue weighted by molar-refractivity contribution is 5.94. The highest BCUT2D eigenvalue weighted by Gasteiger charge is 2.03. The summed E-state index contributed by atoms with van der Waals surface area (Å²) in [5, 5.41) is 3.17. The van der Waals surface area contributed by atoms with Crippen LogP contribution in [0.5, 0.6) is 0 Å². The minimum Gasteiger partial charge on any atom is -0.267 e. The molecule has 1 aromatic carbocycles. The second-order valence-corrected chi connectivity index (χ2v) is 2.11. The van der Waals surface area contributed by atoms with Gasteiger partial charge >= 0.3 is 0 Å². The maximum absolute atomic E-state index is 12.5. The molecule has 0 unspecified atom stereocenters. The molecule has 0 saturated heterocycles. The Kier molecular flexibility index (Phi) is 2.53. The third-order valence-corrected chi connectivity index (χ3v) is 1.27. The minimum absolute atomic E-state index is 0.224. The van der Waals surface area contributed by atoms with Crippen molar-refractivity contribution in [3.8, 4) is 0 Å². The van der Waals surface area contributed by atoms with E-state index in [9.17, 15) is 9.18 Å². The lowest BCUT2D eigenvalue weighted by Gasteiger charge is -1.97. The number of hydrogen-bond acceptors (Lipinski definition) is 2. The second-order valence-electron chi connectivity index (χ2n) is 2.11. The number of nitrogens with zero attached hydrogens (tertiary/aromatic N) is 1. The van der Waals surface area contributed by atoms with Crippen molar-refractivity contribution in [2.75, 3.05) is 0 Å². The van der Waals surface area contributed by atoms with Crippen LogP contribution in [0.25, 0.3) is 0 Å². The average Bonchev–Trinajstić information content (AvgIpc) is 2.05. The maximum Gasteiger partial charge on any atom is 0.271 e. The summed E-state index contributed by atoms with van der Waals surface area (Å²) in [6.45, 7) is 3.07. The van der Waals surface area contributed by atoms with Crippen LogP contribution in [0.4, 0.5) is 4.39 Å². The van der Waals surface area contributed by atoms with Gasteiger partial charge in [-0.1, -0.05) is 6.07 Å².